The van der Waals surface area contributed by atoms with Crippen LogP contribution in [0.5, 0.6) is 0 Å². The molecule has 0 aromatic heterocycles. The minimum absolute atomic E-state index is 0.417. The zero-order valence-electron chi connectivity index (χ0n) is 10.2. The summed E-state index contributed by atoms with van der Waals surface area (Å²) in [6, 6.07) is -0.949. The molecule has 0 radical (unpaired) electrons. The van der Waals surface area contributed by atoms with E-state index in [1.807, 2.05) is 0 Å². The number of fused-ring (bicyclic) bond motifs is 1. The van der Waals surface area contributed by atoms with Gasteiger partial charge in [-0.1, -0.05) is 0 Å². The number of hydrogen-bond donors (Lipinski definition) is 4. The fraction of sp³-hybridized carbons (Fsp3) is 0.727. The standard InChI is InChI=1S/C11H15FN2O5/c1-3(13)8(15)14-11(10(18)19)2-4(12)5-6(7(5)11)9(16)17/h3-7H,2,13H2,1H3,(H,14,15)(H,16,17)(H,18,19)/t3-,4+,5?,6-,7-,11-/m0/s1. The van der Waals surface area contributed by atoms with Gasteiger partial charge in [-0.25, -0.2) is 9.18 Å². The minimum atomic E-state index is -1.86. The van der Waals surface area contributed by atoms with Crippen LogP contribution in [0.2, 0.25) is 0 Å². The van der Waals surface area contributed by atoms with Gasteiger partial charge in [0.25, 0.3) is 0 Å². The topological polar surface area (TPSA) is 130 Å². The second kappa shape index (κ2) is 4.16. The highest BCUT2D eigenvalue weighted by Gasteiger charge is 2.76. The highest BCUT2D eigenvalue weighted by Crippen LogP contribution is 2.63. The van der Waals surface area contributed by atoms with Crippen molar-refractivity contribution < 1.29 is 29.0 Å². The molecular weight excluding hydrogens is 259 g/mol. The van der Waals surface area contributed by atoms with E-state index < -0.39 is 59.8 Å². The van der Waals surface area contributed by atoms with Crippen molar-refractivity contribution >= 4 is 17.8 Å². The number of rotatable bonds is 4. The zero-order chi connectivity index (χ0) is 14.5. The molecule has 0 aromatic carbocycles. The van der Waals surface area contributed by atoms with Gasteiger partial charge in [-0.2, -0.15) is 0 Å². The van der Waals surface area contributed by atoms with Crippen molar-refractivity contribution in [2.75, 3.05) is 0 Å². The van der Waals surface area contributed by atoms with Crippen LogP contribution in [-0.2, 0) is 14.4 Å². The number of hydrogen-bond acceptors (Lipinski definition) is 4. The SMILES string of the molecule is C[C@H](N)C(=O)N[C@@]1(C(=O)O)C[C@@H](F)C2[C@H](C(=O)O)[C@H]21. The molecule has 2 rings (SSSR count). The third-order valence-corrected chi connectivity index (χ3v) is 4.01. The van der Waals surface area contributed by atoms with E-state index in [9.17, 15) is 23.9 Å². The molecule has 2 aliphatic carbocycles. The summed E-state index contributed by atoms with van der Waals surface area (Å²) >= 11 is 0. The van der Waals surface area contributed by atoms with Gasteiger partial charge in [-0.05, 0) is 6.92 Å². The molecule has 0 bridgehead atoms. The minimum Gasteiger partial charge on any atom is -0.481 e. The molecule has 2 aliphatic rings. The van der Waals surface area contributed by atoms with Crippen LogP contribution in [0.25, 0.3) is 0 Å². The van der Waals surface area contributed by atoms with Crippen molar-refractivity contribution in [1.82, 2.24) is 5.32 Å². The Balaban J connectivity index is 2.29. The molecular formula is C11H15FN2O5. The summed E-state index contributed by atoms with van der Waals surface area (Å²) in [5.74, 6) is -6.21. The first kappa shape index (κ1) is 13.7. The molecule has 0 saturated heterocycles. The second-order valence-electron chi connectivity index (χ2n) is 5.24. The Morgan fingerprint density at radius 3 is 2.37 bits per heavy atom. The van der Waals surface area contributed by atoms with Gasteiger partial charge in [0, 0.05) is 18.3 Å². The van der Waals surface area contributed by atoms with E-state index in [0.29, 0.717) is 0 Å². The summed E-state index contributed by atoms with van der Waals surface area (Å²) in [7, 11) is 0. The van der Waals surface area contributed by atoms with E-state index in [0.717, 1.165) is 0 Å². The molecule has 5 N–H and O–H groups in total. The molecule has 0 spiro atoms. The number of alkyl halides is 1. The van der Waals surface area contributed by atoms with Crippen molar-refractivity contribution in [2.24, 2.45) is 23.5 Å². The van der Waals surface area contributed by atoms with Crippen LogP contribution in [0, 0.1) is 17.8 Å². The summed E-state index contributed by atoms with van der Waals surface area (Å²) in [5.41, 5.74) is 3.48. The van der Waals surface area contributed by atoms with Gasteiger partial charge >= 0.3 is 11.9 Å². The van der Waals surface area contributed by atoms with Crippen molar-refractivity contribution in [3.63, 3.8) is 0 Å². The van der Waals surface area contributed by atoms with Crippen molar-refractivity contribution in [1.29, 1.82) is 0 Å². The molecule has 2 saturated carbocycles. The average Bonchev–Trinajstić information content (AvgIpc) is 2.96. The van der Waals surface area contributed by atoms with Gasteiger partial charge in [-0.3, -0.25) is 9.59 Å². The van der Waals surface area contributed by atoms with Gasteiger partial charge in [0.2, 0.25) is 5.91 Å². The van der Waals surface area contributed by atoms with Gasteiger partial charge in [0.1, 0.15) is 11.7 Å². The van der Waals surface area contributed by atoms with Crippen LogP contribution < -0.4 is 11.1 Å². The first-order valence-corrected chi connectivity index (χ1v) is 5.90. The Morgan fingerprint density at radius 1 is 1.42 bits per heavy atom. The third-order valence-electron chi connectivity index (χ3n) is 4.01. The van der Waals surface area contributed by atoms with Crippen LogP contribution >= 0.6 is 0 Å². The zero-order valence-corrected chi connectivity index (χ0v) is 10.2. The molecule has 19 heavy (non-hydrogen) atoms. The van der Waals surface area contributed by atoms with Crippen LogP contribution in [-0.4, -0.2) is 45.8 Å². The van der Waals surface area contributed by atoms with Crippen molar-refractivity contribution in [2.45, 2.75) is 31.1 Å². The highest BCUT2D eigenvalue weighted by molar-refractivity contribution is 5.92. The lowest BCUT2D eigenvalue weighted by atomic mass is 9.89. The Morgan fingerprint density at radius 2 is 2.00 bits per heavy atom. The molecule has 2 fully saturated rings. The number of amides is 1. The average molecular weight is 274 g/mol. The van der Waals surface area contributed by atoms with Gasteiger partial charge in [0.15, 0.2) is 0 Å². The number of carboxylic acids is 2. The number of nitrogens with one attached hydrogen (secondary N) is 1. The van der Waals surface area contributed by atoms with E-state index in [2.05, 4.69) is 5.32 Å². The Kier molecular flexibility index (Phi) is 3.00. The van der Waals surface area contributed by atoms with Crippen LogP contribution in [0.15, 0.2) is 0 Å². The van der Waals surface area contributed by atoms with Crippen LogP contribution in [0.1, 0.15) is 13.3 Å². The number of halogens is 1. The maximum absolute atomic E-state index is 13.8. The number of carbonyl (C=O) groups is 3. The maximum Gasteiger partial charge on any atom is 0.329 e. The third kappa shape index (κ3) is 1.86. The van der Waals surface area contributed by atoms with Gasteiger partial charge in [-0.15, -0.1) is 0 Å². The molecule has 0 aromatic rings. The number of nitrogens with two attached hydrogens (primary N) is 1. The van der Waals surface area contributed by atoms with E-state index in [1.165, 1.54) is 6.92 Å². The summed E-state index contributed by atoms with van der Waals surface area (Å²) in [6.45, 7) is 1.37. The quantitative estimate of drug-likeness (QED) is 0.518. The van der Waals surface area contributed by atoms with E-state index >= 15 is 0 Å². The van der Waals surface area contributed by atoms with Crippen molar-refractivity contribution in [3.8, 4) is 0 Å². The molecule has 6 atom stereocenters. The fourth-order valence-electron chi connectivity index (χ4n) is 3.07. The summed E-state index contributed by atoms with van der Waals surface area (Å²) in [4.78, 5) is 34.0. The molecule has 8 heteroatoms. The first-order valence-electron chi connectivity index (χ1n) is 5.90. The highest BCUT2D eigenvalue weighted by atomic mass is 19.1. The lowest BCUT2D eigenvalue weighted by Gasteiger charge is -2.29. The smallest absolute Gasteiger partial charge is 0.329 e. The van der Waals surface area contributed by atoms with Crippen molar-refractivity contribution in [3.05, 3.63) is 0 Å². The second-order valence-corrected chi connectivity index (χ2v) is 5.24. The molecule has 106 valence electrons. The normalized spacial score (nSPS) is 41.2. The summed E-state index contributed by atoms with van der Waals surface area (Å²) in [5, 5.41) is 20.5. The lowest BCUT2D eigenvalue weighted by molar-refractivity contribution is -0.150. The number of aliphatic carboxylic acids is 2. The maximum atomic E-state index is 13.8. The van der Waals surface area contributed by atoms with E-state index in [4.69, 9.17) is 10.8 Å². The lowest BCUT2D eigenvalue weighted by Crippen LogP contribution is -2.59. The predicted octanol–water partition coefficient (Wildman–Crippen LogP) is -1.04. The molecule has 0 aliphatic heterocycles. The van der Waals surface area contributed by atoms with E-state index in [1.54, 1.807) is 0 Å². The molecule has 0 heterocycles. The largest absolute Gasteiger partial charge is 0.481 e. The predicted molar refractivity (Wildman–Crippen MR) is 59.8 cm³/mol. The summed E-state index contributed by atoms with van der Waals surface area (Å²) in [6.07, 6.45) is -1.96. The Hall–Kier alpha value is -1.70. The van der Waals surface area contributed by atoms with Crippen LogP contribution in [0.3, 0.4) is 0 Å². The van der Waals surface area contributed by atoms with E-state index in [-0.39, 0.29) is 0 Å². The van der Waals surface area contributed by atoms with Gasteiger partial charge in [0.05, 0.1) is 12.0 Å². The first-order chi connectivity index (χ1) is 8.72. The monoisotopic (exact) mass is 274 g/mol. The van der Waals surface area contributed by atoms with Gasteiger partial charge < -0.3 is 21.3 Å². The summed E-state index contributed by atoms with van der Waals surface area (Å²) < 4.78 is 13.8. The Labute approximate surface area is 108 Å². The molecule has 1 amide bonds. The number of carbonyl (C=O) groups excluding carboxylic acids is 1. The molecule has 7 nitrogen and oxygen atoms in total. The number of carboxylic acid groups (broad SMARTS) is 2. The fourth-order valence-corrected chi connectivity index (χ4v) is 3.07. The Bertz CT molecular complexity index is 454. The molecule has 1 unspecified atom stereocenters. The van der Waals surface area contributed by atoms with Crippen LogP contribution in [0.4, 0.5) is 4.39 Å².